The van der Waals surface area contributed by atoms with Gasteiger partial charge in [0.1, 0.15) is 11.5 Å². The van der Waals surface area contributed by atoms with Crippen molar-refractivity contribution >= 4 is 29.1 Å². The van der Waals surface area contributed by atoms with E-state index < -0.39 is 0 Å². The summed E-state index contributed by atoms with van der Waals surface area (Å²) in [5.74, 6) is 0.630. The van der Waals surface area contributed by atoms with E-state index in [0.717, 1.165) is 19.4 Å². The molecule has 2 aromatic carbocycles. The van der Waals surface area contributed by atoms with Crippen LogP contribution in [0.1, 0.15) is 12.8 Å². The molecule has 1 heterocycles. The van der Waals surface area contributed by atoms with Gasteiger partial charge < -0.3 is 15.8 Å². The van der Waals surface area contributed by atoms with E-state index in [4.69, 9.17) is 22.1 Å². The predicted octanol–water partition coefficient (Wildman–Crippen LogP) is 3.27. The molecular weight excluding hydrogens is 366 g/mol. The van der Waals surface area contributed by atoms with E-state index in [2.05, 4.69) is 5.32 Å². The second-order valence-electron chi connectivity index (χ2n) is 6.59. The highest BCUT2D eigenvalue weighted by Crippen LogP contribution is 2.29. The molecule has 3 rings (SSSR count). The summed E-state index contributed by atoms with van der Waals surface area (Å²) in [6, 6.07) is 14.4. The Morgan fingerprint density at radius 1 is 1.19 bits per heavy atom. The molecule has 142 valence electrons. The molecule has 0 bridgehead atoms. The summed E-state index contributed by atoms with van der Waals surface area (Å²) in [6.45, 7) is 1.53. The lowest BCUT2D eigenvalue weighted by molar-refractivity contribution is -0.124. The van der Waals surface area contributed by atoms with Crippen molar-refractivity contribution in [2.45, 2.75) is 12.8 Å². The Balaban J connectivity index is 1.57. The Bertz CT molecular complexity index is 810. The molecule has 1 saturated heterocycles. The van der Waals surface area contributed by atoms with Crippen LogP contribution in [0.2, 0.25) is 5.02 Å². The highest BCUT2D eigenvalue weighted by atomic mass is 35.5. The number of anilines is 1. The van der Waals surface area contributed by atoms with Gasteiger partial charge in [-0.2, -0.15) is 0 Å². The molecule has 7 heteroatoms. The molecule has 2 aromatic rings. The molecule has 0 radical (unpaired) electrons. The summed E-state index contributed by atoms with van der Waals surface area (Å²) < 4.78 is 5.74. The number of halogens is 1. The van der Waals surface area contributed by atoms with Gasteiger partial charge in [-0.1, -0.05) is 23.7 Å². The third kappa shape index (κ3) is 5.45. The molecular formula is C20H22ClN3O3. The van der Waals surface area contributed by atoms with Gasteiger partial charge >= 0.3 is 0 Å². The van der Waals surface area contributed by atoms with Crippen molar-refractivity contribution in [1.82, 2.24) is 4.90 Å². The zero-order chi connectivity index (χ0) is 19.2. The van der Waals surface area contributed by atoms with Crippen LogP contribution in [-0.4, -0.2) is 36.3 Å². The lowest BCUT2D eigenvalue weighted by atomic mass is 9.97. The number of nitrogens with one attached hydrogen (secondary N) is 1. The number of benzene rings is 2. The van der Waals surface area contributed by atoms with Crippen LogP contribution in [0.4, 0.5) is 5.69 Å². The third-order valence-corrected chi connectivity index (χ3v) is 4.75. The van der Waals surface area contributed by atoms with Crippen LogP contribution < -0.4 is 15.8 Å². The van der Waals surface area contributed by atoms with E-state index >= 15 is 0 Å². The van der Waals surface area contributed by atoms with E-state index in [1.54, 1.807) is 36.4 Å². The first kappa shape index (κ1) is 19.2. The average Bonchev–Trinajstić information content (AvgIpc) is 2.65. The average molecular weight is 388 g/mol. The fourth-order valence-electron chi connectivity index (χ4n) is 3.14. The molecule has 0 spiro atoms. The number of carbonyl (C=O) groups excluding carboxylic acids is 2. The predicted molar refractivity (Wildman–Crippen MR) is 105 cm³/mol. The summed E-state index contributed by atoms with van der Waals surface area (Å²) in [5, 5.41) is 3.46. The number of carbonyl (C=O) groups is 2. The van der Waals surface area contributed by atoms with Crippen LogP contribution in [0.25, 0.3) is 0 Å². The first-order valence-electron chi connectivity index (χ1n) is 8.85. The second-order valence-corrected chi connectivity index (χ2v) is 6.99. The van der Waals surface area contributed by atoms with Gasteiger partial charge in [-0.15, -0.1) is 0 Å². The zero-order valence-corrected chi connectivity index (χ0v) is 15.6. The number of nitrogens with zero attached hydrogens (tertiary/aromatic N) is 1. The maximum absolute atomic E-state index is 12.5. The standard InChI is InChI=1S/C20H22ClN3O3/c21-17-5-1-2-6-18(17)27-16-9-7-15(8-10-16)23-20(26)14-4-3-11-24(12-14)13-19(22)25/h1-2,5-10,14H,3-4,11-13H2,(H2,22,25)(H,23,26). The van der Waals surface area contributed by atoms with Gasteiger partial charge in [0, 0.05) is 12.2 Å². The van der Waals surface area contributed by atoms with Gasteiger partial charge in [0.2, 0.25) is 11.8 Å². The van der Waals surface area contributed by atoms with Crippen molar-refractivity contribution in [2.24, 2.45) is 11.7 Å². The Hall–Kier alpha value is -2.57. The fraction of sp³-hybridized carbons (Fsp3) is 0.300. The Labute approximate surface area is 163 Å². The Morgan fingerprint density at radius 2 is 1.93 bits per heavy atom. The normalized spacial score (nSPS) is 17.3. The number of para-hydroxylation sites is 1. The van der Waals surface area contributed by atoms with Gasteiger partial charge in [-0.05, 0) is 55.8 Å². The number of primary amides is 1. The highest BCUT2D eigenvalue weighted by molar-refractivity contribution is 6.32. The number of likely N-dealkylation sites (tertiary alicyclic amines) is 1. The van der Waals surface area contributed by atoms with Crippen molar-refractivity contribution < 1.29 is 14.3 Å². The lowest BCUT2D eigenvalue weighted by Crippen LogP contribution is -2.44. The lowest BCUT2D eigenvalue weighted by Gasteiger charge is -2.30. The summed E-state index contributed by atoms with van der Waals surface area (Å²) in [6.07, 6.45) is 1.67. The van der Waals surface area contributed by atoms with Crippen LogP contribution in [-0.2, 0) is 9.59 Å². The summed E-state index contributed by atoms with van der Waals surface area (Å²) >= 11 is 6.09. The first-order chi connectivity index (χ1) is 13.0. The maximum Gasteiger partial charge on any atom is 0.231 e. The monoisotopic (exact) mass is 387 g/mol. The number of hydrogen-bond acceptors (Lipinski definition) is 4. The second kappa shape index (κ2) is 8.88. The van der Waals surface area contributed by atoms with Crippen LogP contribution in [0.5, 0.6) is 11.5 Å². The number of piperidine rings is 1. The number of hydrogen-bond donors (Lipinski definition) is 2. The quantitative estimate of drug-likeness (QED) is 0.796. The van der Waals surface area contributed by atoms with Gasteiger partial charge in [0.15, 0.2) is 0 Å². The van der Waals surface area contributed by atoms with Crippen LogP contribution in [0.15, 0.2) is 48.5 Å². The summed E-state index contributed by atoms with van der Waals surface area (Å²) in [5.41, 5.74) is 5.94. The number of rotatable bonds is 6. The zero-order valence-electron chi connectivity index (χ0n) is 14.9. The maximum atomic E-state index is 12.5. The third-order valence-electron chi connectivity index (χ3n) is 4.44. The molecule has 6 nitrogen and oxygen atoms in total. The van der Waals surface area contributed by atoms with Crippen molar-refractivity contribution in [3.05, 3.63) is 53.6 Å². The van der Waals surface area contributed by atoms with Crippen molar-refractivity contribution in [3.63, 3.8) is 0 Å². The SMILES string of the molecule is NC(=O)CN1CCCC(C(=O)Nc2ccc(Oc3ccccc3Cl)cc2)C1. The number of nitrogens with two attached hydrogens (primary N) is 1. The summed E-state index contributed by atoms with van der Waals surface area (Å²) in [4.78, 5) is 25.5. The minimum Gasteiger partial charge on any atom is -0.456 e. The van der Waals surface area contributed by atoms with E-state index in [-0.39, 0.29) is 24.3 Å². The van der Waals surface area contributed by atoms with E-state index in [1.807, 2.05) is 17.0 Å². The molecule has 2 amide bonds. The summed E-state index contributed by atoms with van der Waals surface area (Å²) in [7, 11) is 0. The van der Waals surface area contributed by atoms with Gasteiger partial charge in [0.25, 0.3) is 0 Å². The smallest absolute Gasteiger partial charge is 0.231 e. The molecule has 1 aliphatic heterocycles. The minimum absolute atomic E-state index is 0.0519. The molecule has 1 fully saturated rings. The molecule has 0 aromatic heterocycles. The van der Waals surface area contributed by atoms with E-state index in [0.29, 0.717) is 28.8 Å². The molecule has 0 saturated carbocycles. The van der Waals surface area contributed by atoms with Gasteiger partial charge in [-0.3, -0.25) is 14.5 Å². The topological polar surface area (TPSA) is 84.7 Å². The van der Waals surface area contributed by atoms with Crippen molar-refractivity contribution in [2.75, 3.05) is 25.0 Å². The highest BCUT2D eigenvalue weighted by Gasteiger charge is 2.26. The molecule has 27 heavy (non-hydrogen) atoms. The molecule has 1 aliphatic rings. The van der Waals surface area contributed by atoms with Gasteiger partial charge in [0.05, 0.1) is 17.5 Å². The number of ether oxygens (including phenoxy) is 1. The Morgan fingerprint density at radius 3 is 2.63 bits per heavy atom. The molecule has 1 unspecified atom stereocenters. The fourth-order valence-corrected chi connectivity index (χ4v) is 3.31. The van der Waals surface area contributed by atoms with Gasteiger partial charge in [-0.25, -0.2) is 0 Å². The van der Waals surface area contributed by atoms with Crippen molar-refractivity contribution in [1.29, 1.82) is 0 Å². The van der Waals surface area contributed by atoms with Crippen LogP contribution >= 0.6 is 11.6 Å². The molecule has 1 atom stereocenters. The number of amides is 2. The minimum atomic E-state index is -0.370. The Kier molecular flexibility index (Phi) is 6.32. The van der Waals surface area contributed by atoms with Crippen LogP contribution in [0.3, 0.4) is 0 Å². The van der Waals surface area contributed by atoms with E-state index in [9.17, 15) is 9.59 Å². The molecule has 3 N–H and O–H groups in total. The first-order valence-corrected chi connectivity index (χ1v) is 9.23. The molecule has 0 aliphatic carbocycles. The largest absolute Gasteiger partial charge is 0.456 e. The van der Waals surface area contributed by atoms with Crippen molar-refractivity contribution in [3.8, 4) is 11.5 Å². The van der Waals surface area contributed by atoms with E-state index in [1.165, 1.54) is 0 Å². The van der Waals surface area contributed by atoms with Crippen LogP contribution in [0, 0.1) is 5.92 Å².